The van der Waals surface area contributed by atoms with Gasteiger partial charge >= 0.3 is 0 Å². The minimum Gasteiger partial charge on any atom is -0.493 e. The Morgan fingerprint density at radius 1 is 0.875 bits per heavy atom. The third-order valence-electron chi connectivity index (χ3n) is 4.13. The Hall–Kier alpha value is -2.49. The van der Waals surface area contributed by atoms with Crippen molar-refractivity contribution in [1.29, 1.82) is 0 Å². The molecule has 0 saturated heterocycles. The van der Waals surface area contributed by atoms with Gasteiger partial charge in [-0.3, -0.25) is 4.79 Å². The maximum absolute atomic E-state index is 12.5. The average Bonchev–Trinajstić information content (AvgIpc) is 2.52. The highest BCUT2D eigenvalue weighted by Gasteiger charge is 2.13. The molecule has 24 heavy (non-hydrogen) atoms. The largest absolute Gasteiger partial charge is 0.493 e. The number of ether oxygens (including phenoxy) is 2. The van der Waals surface area contributed by atoms with Gasteiger partial charge in [-0.05, 0) is 62.1 Å². The van der Waals surface area contributed by atoms with Crippen LogP contribution in [-0.4, -0.2) is 20.1 Å². The third-order valence-corrected chi connectivity index (χ3v) is 4.13. The van der Waals surface area contributed by atoms with Crippen molar-refractivity contribution in [3.8, 4) is 11.5 Å². The zero-order valence-electron chi connectivity index (χ0n) is 15.2. The second kappa shape index (κ2) is 7.39. The van der Waals surface area contributed by atoms with Crippen molar-refractivity contribution in [3.63, 3.8) is 0 Å². The van der Waals surface area contributed by atoms with Gasteiger partial charge in [0, 0.05) is 5.69 Å². The predicted molar refractivity (Wildman–Crippen MR) is 97.3 cm³/mol. The summed E-state index contributed by atoms with van der Waals surface area (Å²) in [4.78, 5) is 12.5. The van der Waals surface area contributed by atoms with Crippen LogP contribution in [0.3, 0.4) is 0 Å². The van der Waals surface area contributed by atoms with Crippen molar-refractivity contribution in [1.82, 2.24) is 0 Å². The molecule has 0 aliphatic carbocycles. The minimum absolute atomic E-state index is 0.0413. The molecule has 0 aliphatic rings. The number of rotatable bonds is 5. The first-order chi connectivity index (χ1) is 11.3. The molecular weight excluding hydrogens is 302 g/mol. The van der Waals surface area contributed by atoms with Gasteiger partial charge in [0.05, 0.1) is 20.6 Å². The molecule has 1 amide bonds. The number of methoxy groups -OCH3 is 2. The number of anilines is 1. The molecule has 128 valence electrons. The number of amides is 1. The lowest BCUT2D eigenvalue weighted by atomic mass is 10.0. The van der Waals surface area contributed by atoms with E-state index in [-0.39, 0.29) is 5.91 Å². The van der Waals surface area contributed by atoms with Crippen molar-refractivity contribution < 1.29 is 14.3 Å². The van der Waals surface area contributed by atoms with Gasteiger partial charge in [-0.25, -0.2) is 0 Å². The van der Waals surface area contributed by atoms with Crippen LogP contribution in [0.15, 0.2) is 24.3 Å². The lowest BCUT2D eigenvalue weighted by Crippen LogP contribution is -2.17. The maximum Gasteiger partial charge on any atom is 0.228 e. The molecule has 4 nitrogen and oxygen atoms in total. The Morgan fingerprint density at radius 3 is 1.96 bits per heavy atom. The van der Waals surface area contributed by atoms with Gasteiger partial charge in [0.2, 0.25) is 5.91 Å². The molecule has 2 aromatic carbocycles. The van der Waals surface area contributed by atoms with Crippen LogP contribution >= 0.6 is 0 Å². The first-order valence-corrected chi connectivity index (χ1v) is 7.95. The van der Waals surface area contributed by atoms with Crippen LogP contribution in [0.5, 0.6) is 11.5 Å². The van der Waals surface area contributed by atoms with Crippen LogP contribution in [0.25, 0.3) is 0 Å². The van der Waals surface area contributed by atoms with E-state index in [2.05, 4.69) is 24.4 Å². The second-order valence-electron chi connectivity index (χ2n) is 6.13. The van der Waals surface area contributed by atoms with Crippen LogP contribution < -0.4 is 14.8 Å². The highest BCUT2D eigenvalue weighted by atomic mass is 16.5. The molecule has 0 bridgehead atoms. The fraction of sp³-hybridized carbons (Fsp3) is 0.350. The fourth-order valence-electron chi connectivity index (χ4n) is 2.95. The summed E-state index contributed by atoms with van der Waals surface area (Å²) in [7, 11) is 3.20. The third kappa shape index (κ3) is 3.88. The van der Waals surface area contributed by atoms with Crippen molar-refractivity contribution >= 4 is 11.6 Å². The Kier molecular flexibility index (Phi) is 5.50. The SMILES string of the molecule is COc1cc(C)c(CC(=O)Nc2c(C)cc(C)cc2C)cc1OC. The molecule has 0 spiro atoms. The van der Waals surface area contributed by atoms with Gasteiger partial charge in [0.1, 0.15) is 0 Å². The summed E-state index contributed by atoms with van der Waals surface area (Å²) in [6, 6.07) is 7.90. The lowest BCUT2D eigenvalue weighted by Gasteiger charge is -2.15. The van der Waals surface area contributed by atoms with E-state index in [1.807, 2.05) is 32.9 Å². The Balaban J connectivity index is 2.22. The highest BCUT2D eigenvalue weighted by Crippen LogP contribution is 2.30. The van der Waals surface area contributed by atoms with E-state index in [9.17, 15) is 4.79 Å². The van der Waals surface area contributed by atoms with Crippen LogP contribution in [-0.2, 0) is 11.2 Å². The molecular formula is C20H25NO3. The maximum atomic E-state index is 12.5. The van der Waals surface area contributed by atoms with E-state index < -0.39 is 0 Å². The molecule has 0 radical (unpaired) electrons. The normalized spacial score (nSPS) is 10.4. The Bertz CT molecular complexity index is 743. The molecule has 0 atom stereocenters. The Labute approximate surface area is 143 Å². The fourth-order valence-corrected chi connectivity index (χ4v) is 2.95. The van der Waals surface area contributed by atoms with Crippen LogP contribution in [0.1, 0.15) is 27.8 Å². The lowest BCUT2D eigenvalue weighted by molar-refractivity contribution is -0.115. The molecule has 2 rings (SSSR count). The number of aryl methyl sites for hydroxylation is 4. The van der Waals surface area contributed by atoms with Gasteiger partial charge in [0.25, 0.3) is 0 Å². The highest BCUT2D eigenvalue weighted by molar-refractivity contribution is 5.94. The molecule has 0 fully saturated rings. The molecule has 0 saturated carbocycles. The first kappa shape index (κ1) is 17.9. The predicted octanol–water partition coefficient (Wildman–Crippen LogP) is 4.12. The van der Waals surface area contributed by atoms with Gasteiger partial charge in [0.15, 0.2) is 11.5 Å². The topological polar surface area (TPSA) is 47.6 Å². The Morgan fingerprint density at radius 2 is 1.42 bits per heavy atom. The van der Waals surface area contributed by atoms with Crippen LogP contribution in [0.4, 0.5) is 5.69 Å². The van der Waals surface area contributed by atoms with Crippen LogP contribution in [0.2, 0.25) is 0 Å². The summed E-state index contributed by atoms with van der Waals surface area (Å²) in [5, 5.41) is 3.04. The molecule has 0 heterocycles. The summed E-state index contributed by atoms with van der Waals surface area (Å²) in [5.41, 5.74) is 6.16. The van der Waals surface area contributed by atoms with Crippen molar-refractivity contribution in [2.45, 2.75) is 34.1 Å². The van der Waals surface area contributed by atoms with Crippen molar-refractivity contribution in [3.05, 3.63) is 52.1 Å². The summed E-state index contributed by atoms with van der Waals surface area (Å²) in [6.07, 6.45) is 0.291. The smallest absolute Gasteiger partial charge is 0.228 e. The van der Waals surface area contributed by atoms with Gasteiger partial charge < -0.3 is 14.8 Å². The summed E-state index contributed by atoms with van der Waals surface area (Å²) < 4.78 is 10.6. The number of carbonyl (C=O) groups excluding carboxylic acids is 1. The quantitative estimate of drug-likeness (QED) is 0.898. The van der Waals surface area contributed by atoms with E-state index in [4.69, 9.17) is 9.47 Å². The van der Waals surface area contributed by atoms with E-state index in [0.29, 0.717) is 17.9 Å². The van der Waals surface area contributed by atoms with Gasteiger partial charge in [-0.2, -0.15) is 0 Å². The second-order valence-corrected chi connectivity index (χ2v) is 6.13. The standard InChI is InChI=1S/C20H25NO3/c1-12-7-14(3)20(15(4)8-12)21-19(22)11-16-10-18(24-6)17(23-5)9-13(16)2/h7-10H,11H2,1-6H3,(H,21,22). The molecule has 0 aliphatic heterocycles. The van der Waals surface area contributed by atoms with Gasteiger partial charge in [-0.1, -0.05) is 17.7 Å². The van der Waals surface area contributed by atoms with E-state index in [0.717, 1.165) is 27.9 Å². The first-order valence-electron chi connectivity index (χ1n) is 7.95. The summed E-state index contributed by atoms with van der Waals surface area (Å²) in [5.74, 6) is 1.26. The molecule has 1 N–H and O–H groups in total. The number of hydrogen-bond acceptors (Lipinski definition) is 3. The summed E-state index contributed by atoms with van der Waals surface area (Å²) >= 11 is 0. The molecule has 4 heteroatoms. The van der Waals surface area contributed by atoms with Crippen molar-refractivity contribution in [2.24, 2.45) is 0 Å². The zero-order chi connectivity index (χ0) is 17.9. The average molecular weight is 327 g/mol. The molecule has 0 unspecified atom stereocenters. The van der Waals surface area contributed by atoms with Gasteiger partial charge in [-0.15, -0.1) is 0 Å². The number of hydrogen-bond donors (Lipinski definition) is 1. The van der Waals surface area contributed by atoms with E-state index in [1.54, 1.807) is 14.2 Å². The van der Waals surface area contributed by atoms with Crippen molar-refractivity contribution in [2.75, 3.05) is 19.5 Å². The summed E-state index contributed by atoms with van der Waals surface area (Å²) in [6.45, 7) is 8.04. The van der Waals surface area contributed by atoms with Crippen LogP contribution in [0, 0.1) is 27.7 Å². The zero-order valence-corrected chi connectivity index (χ0v) is 15.2. The number of nitrogens with one attached hydrogen (secondary N) is 1. The van der Waals surface area contributed by atoms with E-state index in [1.165, 1.54) is 5.56 Å². The molecule has 0 aromatic heterocycles. The minimum atomic E-state index is -0.0413. The monoisotopic (exact) mass is 327 g/mol. The van der Waals surface area contributed by atoms with E-state index >= 15 is 0 Å². The number of benzene rings is 2. The number of carbonyl (C=O) groups is 1. The molecule has 2 aromatic rings.